The van der Waals surface area contributed by atoms with E-state index in [-0.39, 0.29) is 22.8 Å². The lowest BCUT2D eigenvalue weighted by Gasteiger charge is -2.26. The molecule has 0 saturated carbocycles. The van der Waals surface area contributed by atoms with Crippen LogP contribution in [0.2, 0.25) is 0 Å². The highest BCUT2D eigenvalue weighted by Gasteiger charge is 2.19. The molecule has 2 N–H and O–H groups in total. The van der Waals surface area contributed by atoms with Crippen LogP contribution in [-0.4, -0.2) is 5.11 Å². The minimum absolute atomic E-state index is 0.0552. The molecule has 1 atom stereocenters. The van der Waals surface area contributed by atoms with Crippen LogP contribution in [0.15, 0.2) is 36.4 Å². The summed E-state index contributed by atoms with van der Waals surface area (Å²) in [6.07, 6.45) is 0. The summed E-state index contributed by atoms with van der Waals surface area (Å²) in [5, 5.41) is 6.01. The zero-order valence-electron chi connectivity index (χ0n) is 14.3. The molecule has 0 spiro atoms. The van der Waals surface area contributed by atoms with Crippen molar-refractivity contribution in [3.8, 4) is 0 Å². The molecule has 0 aliphatic carbocycles. The van der Waals surface area contributed by atoms with Crippen molar-refractivity contribution >= 4 is 23.0 Å². The first kappa shape index (κ1) is 18.3. The summed E-state index contributed by atoms with van der Waals surface area (Å²) in [4.78, 5) is 0. The smallest absolute Gasteiger partial charge is 0.171 e. The number of anilines is 1. The summed E-state index contributed by atoms with van der Waals surface area (Å²) in [5.41, 5.74) is 3.22. The maximum absolute atomic E-state index is 13.7. The molecule has 2 rings (SSSR count). The van der Waals surface area contributed by atoms with E-state index >= 15 is 0 Å². The predicted molar refractivity (Wildman–Crippen MR) is 99.2 cm³/mol. The van der Waals surface area contributed by atoms with Crippen LogP contribution in [0.4, 0.5) is 14.5 Å². The lowest BCUT2D eigenvalue weighted by molar-refractivity contribution is 0.471. The van der Waals surface area contributed by atoms with Gasteiger partial charge in [0.05, 0.1) is 6.04 Å². The highest BCUT2D eigenvalue weighted by atomic mass is 32.1. The standard InChI is InChI=1S/C19H22F2N2S/c1-11(2)17(14-9-8-12(3)10-13(14)4)22-19(24)23-18-15(20)6-5-7-16(18)21/h5-11,17H,1-4H3,(H2,22,23,24). The molecule has 24 heavy (non-hydrogen) atoms. The number of halogens is 2. The second-order valence-electron chi connectivity index (χ2n) is 6.28. The first-order valence-corrected chi connectivity index (χ1v) is 8.29. The molecule has 2 aromatic rings. The topological polar surface area (TPSA) is 24.1 Å². The van der Waals surface area contributed by atoms with Gasteiger partial charge in [0.25, 0.3) is 0 Å². The summed E-state index contributed by atoms with van der Waals surface area (Å²) < 4.78 is 27.5. The molecule has 5 heteroatoms. The number of aryl methyl sites for hydroxylation is 2. The highest BCUT2D eigenvalue weighted by molar-refractivity contribution is 7.80. The van der Waals surface area contributed by atoms with Crippen LogP contribution in [0.5, 0.6) is 0 Å². The summed E-state index contributed by atoms with van der Waals surface area (Å²) in [6, 6.07) is 9.87. The Morgan fingerprint density at radius 1 is 1.04 bits per heavy atom. The van der Waals surface area contributed by atoms with Gasteiger partial charge in [-0.15, -0.1) is 0 Å². The molecular weight excluding hydrogens is 326 g/mol. The van der Waals surface area contributed by atoms with E-state index in [1.165, 1.54) is 23.8 Å². The maximum atomic E-state index is 13.7. The summed E-state index contributed by atoms with van der Waals surface area (Å²) in [7, 11) is 0. The Balaban J connectivity index is 2.20. The first-order valence-electron chi connectivity index (χ1n) is 7.88. The Bertz CT molecular complexity index is 724. The van der Waals surface area contributed by atoms with Crippen molar-refractivity contribution in [1.82, 2.24) is 5.32 Å². The maximum Gasteiger partial charge on any atom is 0.171 e. The highest BCUT2D eigenvalue weighted by Crippen LogP contribution is 2.26. The monoisotopic (exact) mass is 348 g/mol. The normalized spacial score (nSPS) is 12.1. The van der Waals surface area contributed by atoms with E-state index < -0.39 is 11.6 Å². The van der Waals surface area contributed by atoms with Gasteiger partial charge in [-0.2, -0.15) is 0 Å². The van der Waals surface area contributed by atoms with Crippen LogP contribution < -0.4 is 10.6 Å². The van der Waals surface area contributed by atoms with Gasteiger partial charge in [0.2, 0.25) is 0 Å². The minimum Gasteiger partial charge on any atom is -0.355 e. The molecule has 128 valence electrons. The molecule has 2 aromatic carbocycles. The minimum atomic E-state index is -0.674. The van der Waals surface area contributed by atoms with Gasteiger partial charge >= 0.3 is 0 Å². The van der Waals surface area contributed by atoms with Gasteiger partial charge in [-0.1, -0.05) is 43.7 Å². The second kappa shape index (κ2) is 7.71. The zero-order chi connectivity index (χ0) is 17.9. The van der Waals surface area contributed by atoms with Gasteiger partial charge in [0.1, 0.15) is 17.3 Å². The van der Waals surface area contributed by atoms with Crippen molar-refractivity contribution in [3.05, 3.63) is 64.7 Å². The van der Waals surface area contributed by atoms with Crippen LogP contribution in [-0.2, 0) is 0 Å². The molecule has 0 saturated heterocycles. The number of para-hydroxylation sites is 1. The largest absolute Gasteiger partial charge is 0.355 e. The van der Waals surface area contributed by atoms with Gasteiger partial charge in [0, 0.05) is 0 Å². The van der Waals surface area contributed by atoms with E-state index in [2.05, 4.69) is 36.6 Å². The molecule has 0 aromatic heterocycles. The quantitative estimate of drug-likeness (QED) is 0.737. The van der Waals surface area contributed by atoms with E-state index in [1.54, 1.807) is 0 Å². The fraction of sp³-hybridized carbons (Fsp3) is 0.316. The van der Waals surface area contributed by atoms with Crippen molar-refractivity contribution < 1.29 is 8.78 Å². The Morgan fingerprint density at radius 3 is 2.21 bits per heavy atom. The number of benzene rings is 2. The van der Waals surface area contributed by atoms with Crippen molar-refractivity contribution in [3.63, 3.8) is 0 Å². The number of hydrogen-bond acceptors (Lipinski definition) is 1. The van der Waals surface area contributed by atoms with E-state index in [0.717, 1.165) is 11.1 Å². The Kier molecular flexibility index (Phi) is 5.89. The van der Waals surface area contributed by atoms with E-state index in [0.29, 0.717) is 0 Å². The van der Waals surface area contributed by atoms with Crippen LogP contribution in [0.1, 0.15) is 36.6 Å². The van der Waals surface area contributed by atoms with Gasteiger partial charge in [-0.05, 0) is 55.2 Å². The van der Waals surface area contributed by atoms with E-state index in [4.69, 9.17) is 12.2 Å². The fourth-order valence-corrected chi connectivity index (χ4v) is 2.92. The van der Waals surface area contributed by atoms with Crippen LogP contribution in [0.3, 0.4) is 0 Å². The van der Waals surface area contributed by atoms with Crippen LogP contribution in [0, 0.1) is 31.4 Å². The summed E-state index contributed by atoms with van der Waals surface area (Å²) in [6.45, 7) is 8.24. The molecule has 0 bridgehead atoms. The van der Waals surface area contributed by atoms with Gasteiger partial charge in [0.15, 0.2) is 5.11 Å². The van der Waals surface area contributed by atoms with Crippen molar-refractivity contribution in [2.24, 2.45) is 5.92 Å². The van der Waals surface area contributed by atoms with Gasteiger partial charge in [-0.25, -0.2) is 8.78 Å². The lowest BCUT2D eigenvalue weighted by atomic mass is 9.92. The molecule has 1 unspecified atom stereocenters. The van der Waals surface area contributed by atoms with E-state index in [9.17, 15) is 8.78 Å². The average molecular weight is 348 g/mol. The van der Waals surface area contributed by atoms with Crippen molar-refractivity contribution in [1.29, 1.82) is 0 Å². The third-order valence-corrected chi connectivity index (χ3v) is 4.13. The lowest BCUT2D eigenvalue weighted by Crippen LogP contribution is -2.35. The SMILES string of the molecule is Cc1ccc(C(NC(=S)Nc2c(F)cccc2F)C(C)C)c(C)c1. The summed E-state index contributed by atoms with van der Waals surface area (Å²) in [5.74, 6) is -1.10. The van der Waals surface area contributed by atoms with Crippen LogP contribution in [0.25, 0.3) is 0 Å². The molecule has 0 amide bonds. The Hall–Kier alpha value is -2.01. The number of hydrogen-bond donors (Lipinski definition) is 2. The van der Waals surface area contributed by atoms with Crippen molar-refractivity contribution in [2.45, 2.75) is 33.7 Å². The molecule has 0 radical (unpaired) electrons. The second-order valence-corrected chi connectivity index (χ2v) is 6.69. The molecule has 0 aliphatic heterocycles. The Morgan fingerprint density at radius 2 is 1.67 bits per heavy atom. The Labute approximate surface area is 147 Å². The number of rotatable bonds is 4. The zero-order valence-corrected chi connectivity index (χ0v) is 15.1. The molecule has 2 nitrogen and oxygen atoms in total. The predicted octanol–water partition coefficient (Wildman–Crippen LogP) is 5.27. The van der Waals surface area contributed by atoms with Gasteiger partial charge in [-0.3, -0.25) is 0 Å². The van der Waals surface area contributed by atoms with Gasteiger partial charge < -0.3 is 10.6 Å². The van der Waals surface area contributed by atoms with Crippen molar-refractivity contribution in [2.75, 3.05) is 5.32 Å². The average Bonchev–Trinajstić information content (AvgIpc) is 2.49. The first-order chi connectivity index (χ1) is 11.3. The third-order valence-electron chi connectivity index (χ3n) is 3.91. The number of thiocarbonyl (C=S) groups is 1. The van der Waals surface area contributed by atoms with Crippen LogP contribution >= 0.6 is 12.2 Å². The third kappa shape index (κ3) is 4.29. The molecular formula is C19H22F2N2S. The van der Waals surface area contributed by atoms with E-state index in [1.807, 2.05) is 19.9 Å². The number of nitrogens with one attached hydrogen (secondary N) is 2. The summed E-state index contributed by atoms with van der Waals surface area (Å²) >= 11 is 5.26. The molecule has 0 heterocycles. The fourth-order valence-electron chi connectivity index (χ4n) is 2.69. The molecule has 0 aliphatic rings. The molecule has 0 fully saturated rings.